The molecule has 1 aromatic heterocycles. The number of hydrogen-bond donors (Lipinski definition) is 2. The van der Waals surface area contributed by atoms with Crippen LogP contribution in [-0.4, -0.2) is 24.0 Å². The standard InChI is InChI=1S/C12H22N4S/c1-5-13-12(15-6-9(2)3)16-8-11-7-14-10(4)17-11/h7,9H,5-6,8H2,1-4H3,(H2,13,15,16). The molecule has 0 aliphatic carbocycles. The lowest BCUT2D eigenvalue weighted by molar-refractivity contribution is 0.615. The highest BCUT2D eigenvalue weighted by Crippen LogP contribution is 2.12. The molecular formula is C12H22N4S. The molecule has 0 bridgehead atoms. The van der Waals surface area contributed by atoms with Gasteiger partial charge in [-0.1, -0.05) is 13.8 Å². The lowest BCUT2D eigenvalue weighted by Gasteiger charge is -2.12. The monoisotopic (exact) mass is 254 g/mol. The number of guanidine groups is 1. The minimum absolute atomic E-state index is 0.615. The van der Waals surface area contributed by atoms with E-state index in [9.17, 15) is 0 Å². The van der Waals surface area contributed by atoms with E-state index in [1.807, 2.05) is 13.1 Å². The molecule has 0 aliphatic heterocycles. The summed E-state index contributed by atoms with van der Waals surface area (Å²) in [6.45, 7) is 11.0. The van der Waals surface area contributed by atoms with E-state index in [1.165, 1.54) is 4.88 Å². The van der Waals surface area contributed by atoms with Crippen molar-refractivity contribution < 1.29 is 0 Å². The van der Waals surface area contributed by atoms with E-state index < -0.39 is 0 Å². The molecule has 96 valence electrons. The fourth-order valence-corrected chi connectivity index (χ4v) is 2.00. The molecule has 0 amide bonds. The number of nitrogens with one attached hydrogen (secondary N) is 2. The molecule has 0 radical (unpaired) electrons. The zero-order valence-corrected chi connectivity index (χ0v) is 11.9. The fourth-order valence-electron chi connectivity index (χ4n) is 1.28. The number of hydrogen-bond acceptors (Lipinski definition) is 3. The van der Waals surface area contributed by atoms with E-state index in [0.29, 0.717) is 12.5 Å². The van der Waals surface area contributed by atoms with Gasteiger partial charge in [-0.25, -0.2) is 9.98 Å². The molecule has 4 nitrogen and oxygen atoms in total. The zero-order chi connectivity index (χ0) is 12.7. The topological polar surface area (TPSA) is 49.3 Å². The van der Waals surface area contributed by atoms with Gasteiger partial charge in [0, 0.05) is 24.2 Å². The van der Waals surface area contributed by atoms with Crippen molar-refractivity contribution in [2.24, 2.45) is 10.9 Å². The Morgan fingerprint density at radius 1 is 1.47 bits per heavy atom. The molecule has 0 aromatic carbocycles. The summed E-state index contributed by atoms with van der Waals surface area (Å²) < 4.78 is 0. The van der Waals surface area contributed by atoms with Gasteiger partial charge in [-0.05, 0) is 19.8 Å². The van der Waals surface area contributed by atoms with Gasteiger partial charge in [-0.15, -0.1) is 11.3 Å². The molecule has 0 fully saturated rings. The Bertz CT molecular complexity index is 357. The van der Waals surface area contributed by atoms with Crippen LogP contribution >= 0.6 is 11.3 Å². The van der Waals surface area contributed by atoms with E-state index in [4.69, 9.17) is 0 Å². The molecule has 1 aromatic rings. The summed E-state index contributed by atoms with van der Waals surface area (Å²) in [5.74, 6) is 1.50. The largest absolute Gasteiger partial charge is 0.357 e. The molecule has 2 N–H and O–H groups in total. The van der Waals surface area contributed by atoms with E-state index in [0.717, 1.165) is 24.1 Å². The van der Waals surface area contributed by atoms with E-state index in [1.54, 1.807) is 11.3 Å². The second kappa shape index (κ2) is 7.27. The number of rotatable bonds is 5. The third-order valence-electron chi connectivity index (χ3n) is 2.08. The highest BCUT2D eigenvalue weighted by atomic mass is 32.1. The minimum atomic E-state index is 0.615. The number of aromatic nitrogens is 1. The maximum absolute atomic E-state index is 4.53. The number of aliphatic imine (C=N–C) groups is 1. The Kier molecular flexibility index (Phi) is 5.97. The van der Waals surface area contributed by atoms with Crippen molar-refractivity contribution in [1.82, 2.24) is 15.6 Å². The summed E-state index contributed by atoms with van der Waals surface area (Å²) in [6.07, 6.45) is 1.90. The highest BCUT2D eigenvalue weighted by Gasteiger charge is 2.00. The Morgan fingerprint density at radius 2 is 2.24 bits per heavy atom. The predicted molar refractivity (Wildman–Crippen MR) is 74.5 cm³/mol. The molecule has 0 saturated carbocycles. The second-order valence-corrected chi connectivity index (χ2v) is 5.63. The summed E-state index contributed by atoms with van der Waals surface area (Å²) >= 11 is 1.70. The summed E-state index contributed by atoms with van der Waals surface area (Å²) in [5, 5.41) is 7.65. The lowest BCUT2D eigenvalue weighted by Crippen LogP contribution is -2.39. The van der Waals surface area contributed by atoms with Gasteiger partial charge in [0.25, 0.3) is 0 Å². The maximum Gasteiger partial charge on any atom is 0.191 e. The molecular weight excluding hydrogens is 232 g/mol. The first-order chi connectivity index (χ1) is 8.11. The zero-order valence-electron chi connectivity index (χ0n) is 11.1. The first kappa shape index (κ1) is 14.0. The van der Waals surface area contributed by atoms with Crippen LogP contribution in [-0.2, 0) is 6.54 Å². The average molecular weight is 254 g/mol. The van der Waals surface area contributed by atoms with Gasteiger partial charge in [-0.2, -0.15) is 0 Å². The number of nitrogens with zero attached hydrogens (tertiary/aromatic N) is 2. The van der Waals surface area contributed by atoms with Crippen LogP contribution in [0.15, 0.2) is 11.2 Å². The molecule has 0 unspecified atom stereocenters. The van der Waals surface area contributed by atoms with E-state index in [-0.39, 0.29) is 0 Å². The van der Waals surface area contributed by atoms with Crippen LogP contribution in [0, 0.1) is 12.8 Å². The summed E-state index contributed by atoms with van der Waals surface area (Å²) in [4.78, 5) is 9.96. The molecule has 0 atom stereocenters. The minimum Gasteiger partial charge on any atom is -0.357 e. The molecule has 0 saturated heterocycles. The number of thiazole rings is 1. The van der Waals surface area contributed by atoms with Crippen LogP contribution in [0.5, 0.6) is 0 Å². The maximum atomic E-state index is 4.53. The molecule has 0 spiro atoms. The third-order valence-corrected chi connectivity index (χ3v) is 2.98. The van der Waals surface area contributed by atoms with Crippen molar-refractivity contribution in [2.75, 3.05) is 13.1 Å². The van der Waals surface area contributed by atoms with Gasteiger partial charge >= 0.3 is 0 Å². The Hall–Kier alpha value is -1.10. The summed E-state index contributed by atoms with van der Waals surface area (Å²) in [6, 6.07) is 0. The van der Waals surface area contributed by atoms with Crippen LogP contribution in [0.3, 0.4) is 0 Å². The third kappa shape index (κ3) is 5.68. The van der Waals surface area contributed by atoms with Crippen molar-refractivity contribution in [3.8, 4) is 0 Å². The van der Waals surface area contributed by atoms with Crippen molar-refractivity contribution in [3.63, 3.8) is 0 Å². The molecule has 17 heavy (non-hydrogen) atoms. The van der Waals surface area contributed by atoms with Gasteiger partial charge in [0.15, 0.2) is 5.96 Å². The fraction of sp³-hybridized carbons (Fsp3) is 0.667. The molecule has 1 heterocycles. The SMILES string of the molecule is CCNC(=NCc1cnc(C)s1)NCC(C)C. The van der Waals surface area contributed by atoms with Crippen molar-refractivity contribution in [2.45, 2.75) is 34.2 Å². The Balaban J connectivity index is 2.50. The van der Waals surface area contributed by atoms with Crippen LogP contribution in [0.4, 0.5) is 0 Å². The van der Waals surface area contributed by atoms with Crippen LogP contribution in [0.2, 0.25) is 0 Å². The first-order valence-corrected chi connectivity index (χ1v) is 6.87. The average Bonchev–Trinajstić information content (AvgIpc) is 2.68. The van der Waals surface area contributed by atoms with Crippen LogP contribution in [0.25, 0.3) is 0 Å². The smallest absolute Gasteiger partial charge is 0.191 e. The van der Waals surface area contributed by atoms with Gasteiger partial charge in [-0.3, -0.25) is 0 Å². The van der Waals surface area contributed by atoms with Gasteiger partial charge in [0.2, 0.25) is 0 Å². The summed E-state index contributed by atoms with van der Waals surface area (Å²) in [5.41, 5.74) is 0. The van der Waals surface area contributed by atoms with Crippen LogP contribution < -0.4 is 10.6 Å². The van der Waals surface area contributed by atoms with Crippen molar-refractivity contribution in [1.29, 1.82) is 0 Å². The second-order valence-electron chi connectivity index (χ2n) is 4.32. The lowest BCUT2D eigenvalue weighted by atomic mass is 10.2. The normalized spacial score (nSPS) is 11.9. The predicted octanol–water partition coefficient (Wildman–Crippen LogP) is 2.16. The van der Waals surface area contributed by atoms with E-state index >= 15 is 0 Å². The van der Waals surface area contributed by atoms with E-state index in [2.05, 4.69) is 41.4 Å². The molecule has 0 aliphatic rings. The van der Waals surface area contributed by atoms with Gasteiger partial charge < -0.3 is 10.6 Å². The van der Waals surface area contributed by atoms with Gasteiger partial charge in [0.1, 0.15) is 0 Å². The van der Waals surface area contributed by atoms with Gasteiger partial charge in [0.05, 0.1) is 11.6 Å². The molecule has 1 rings (SSSR count). The van der Waals surface area contributed by atoms with Crippen molar-refractivity contribution >= 4 is 17.3 Å². The van der Waals surface area contributed by atoms with Crippen LogP contribution in [0.1, 0.15) is 30.7 Å². The Morgan fingerprint density at radius 3 is 2.76 bits per heavy atom. The highest BCUT2D eigenvalue weighted by molar-refractivity contribution is 7.11. The molecule has 5 heteroatoms. The van der Waals surface area contributed by atoms with Crippen molar-refractivity contribution in [3.05, 3.63) is 16.1 Å². The quantitative estimate of drug-likeness (QED) is 0.625. The summed E-state index contributed by atoms with van der Waals surface area (Å²) in [7, 11) is 0. The first-order valence-electron chi connectivity index (χ1n) is 6.05. The number of aryl methyl sites for hydroxylation is 1. The Labute approximate surface area is 108 Å².